The average molecular weight is 518 g/mol. The second-order valence-corrected chi connectivity index (χ2v) is 9.93. The molecule has 0 bridgehead atoms. The van der Waals surface area contributed by atoms with Gasteiger partial charge < -0.3 is 14.6 Å². The molecule has 0 aliphatic heterocycles. The van der Waals surface area contributed by atoms with Crippen molar-refractivity contribution in [1.29, 1.82) is 0 Å². The molecule has 1 unspecified atom stereocenters. The number of aromatic nitrogens is 2. The van der Waals surface area contributed by atoms with Crippen LogP contribution in [0.25, 0.3) is 5.69 Å². The van der Waals surface area contributed by atoms with Crippen LogP contribution in [0, 0.1) is 6.92 Å². The number of hydrogen-bond acceptors (Lipinski definition) is 5. The number of halogens is 1. The van der Waals surface area contributed by atoms with Crippen LogP contribution in [0.3, 0.4) is 0 Å². The normalized spacial score (nSPS) is 14.2. The second-order valence-electron chi connectivity index (χ2n) is 9.49. The molecule has 0 saturated heterocycles. The highest BCUT2D eigenvalue weighted by Gasteiger charge is 2.32. The van der Waals surface area contributed by atoms with Crippen molar-refractivity contribution in [2.75, 3.05) is 13.2 Å². The van der Waals surface area contributed by atoms with E-state index >= 15 is 0 Å². The van der Waals surface area contributed by atoms with Gasteiger partial charge >= 0.3 is 0 Å². The lowest BCUT2D eigenvalue weighted by Gasteiger charge is -2.25. The molecule has 1 atom stereocenters. The molecule has 1 saturated carbocycles. The van der Waals surface area contributed by atoms with Crippen LogP contribution in [0.15, 0.2) is 84.9 Å². The van der Waals surface area contributed by atoms with Crippen molar-refractivity contribution in [2.24, 2.45) is 0 Å². The van der Waals surface area contributed by atoms with Crippen LogP contribution < -0.4 is 4.74 Å². The minimum absolute atomic E-state index is 0.284. The molecule has 0 amide bonds. The summed E-state index contributed by atoms with van der Waals surface area (Å²) in [4.78, 5) is 2.32. The van der Waals surface area contributed by atoms with Gasteiger partial charge in [0.15, 0.2) is 0 Å². The molecule has 1 aromatic heterocycles. The van der Waals surface area contributed by atoms with E-state index in [9.17, 15) is 5.11 Å². The van der Waals surface area contributed by atoms with E-state index in [-0.39, 0.29) is 6.61 Å². The summed E-state index contributed by atoms with van der Waals surface area (Å²) >= 11 is 6.30. The van der Waals surface area contributed by atoms with Gasteiger partial charge in [0.1, 0.15) is 5.75 Å². The maximum atomic E-state index is 10.8. The third-order valence-corrected chi connectivity index (χ3v) is 6.67. The quantitative estimate of drug-likeness (QED) is 0.243. The van der Waals surface area contributed by atoms with Gasteiger partial charge in [-0.15, -0.1) is 0 Å². The molecule has 192 valence electrons. The molecule has 4 aromatic rings. The summed E-state index contributed by atoms with van der Waals surface area (Å²) in [5, 5.41) is 16.3. The molecule has 0 radical (unpaired) electrons. The first kappa shape index (κ1) is 25.5. The number of para-hydroxylation sites is 1. The summed E-state index contributed by atoms with van der Waals surface area (Å²) in [5.41, 5.74) is 3.81. The number of aryl methyl sites for hydroxylation is 1. The summed E-state index contributed by atoms with van der Waals surface area (Å²) in [7, 11) is 0. The number of rotatable bonds is 12. The minimum Gasteiger partial charge on any atom is -0.439 e. The largest absolute Gasteiger partial charge is 0.439 e. The van der Waals surface area contributed by atoms with Crippen LogP contribution in [0.4, 0.5) is 0 Å². The predicted octanol–water partition coefficient (Wildman–Crippen LogP) is 6.17. The fourth-order valence-corrected chi connectivity index (χ4v) is 4.59. The van der Waals surface area contributed by atoms with E-state index in [1.165, 1.54) is 0 Å². The Hall–Kier alpha value is -3.16. The molecule has 1 aliphatic carbocycles. The number of aliphatic hydroxyl groups excluding tert-OH is 1. The van der Waals surface area contributed by atoms with Gasteiger partial charge in [-0.05, 0) is 55.7 Å². The number of aliphatic hydroxyl groups is 1. The Bertz CT molecular complexity index is 1290. The Kier molecular flexibility index (Phi) is 8.21. The van der Waals surface area contributed by atoms with Gasteiger partial charge in [0, 0.05) is 24.2 Å². The van der Waals surface area contributed by atoms with Crippen LogP contribution in [0.2, 0.25) is 5.02 Å². The summed E-state index contributed by atoms with van der Waals surface area (Å²) in [6.45, 7) is 3.91. The Balaban J connectivity index is 1.35. The van der Waals surface area contributed by atoms with Crippen LogP contribution in [-0.2, 0) is 17.9 Å². The average Bonchev–Trinajstić information content (AvgIpc) is 3.71. The minimum atomic E-state index is -0.592. The molecule has 7 heteroatoms. The van der Waals surface area contributed by atoms with E-state index in [2.05, 4.69) is 4.90 Å². The maximum Gasteiger partial charge on any atom is 0.227 e. The van der Waals surface area contributed by atoms with Crippen LogP contribution in [0.1, 0.15) is 29.7 Å². The number of benzene rings is 3. The first-order valence-electron chi connectivity index (χ1n) is 12.7. The maximum absolute atomic E-state index is 10.8. The first-order chi connectivity index (χ1) is 18.1. The van der Waals surface area contributed by atoms with Crippen LogP contribution in [0.5, 0.6) is 11.6 Å². The van der Waals surface area contributed by atoms with Gasteiger partial charge in [0.2, 0.25) is 5.88 Å². The van der Waals surface area contributed by atoms with Gasteiger partial charge in [-0.2, -0.15) is 5.10 Å². The standard InChI is InChI=1S/C30H32ClN3O3/c1-22-29(19-33(25-15-16-25)18-27(35)21-36-20-23-9-4-2-5-10-23)30(37-28-13-6-3-7-14-28)34(32-22)26-12-8-11-24(31)17-26/h2-14,17,25,27,35H,15-16,18-21H2,1H3. The van der Waals surface area contributed by atoms with Gasteiger partial charge in [-0.25, -0.2) is 4.68 Å². The molecular weight excluding hydrogens is 486 g/mol. The van der Waals surface area contributed by atoms with Crippen molar-refractivity contribution in [2.45, 2.75) is 45.1 Å². The Morgan fingerprint density at radius 3 is 2.46 bits per heavy atom. The first-order valence-corrected chi connectivity index (χ1v) is 13.1. The number of nitrogens with zero attached hydrogens (tertiary/aromatic N) is 3. The van der Waals surface area contributed by atoms with Gasteiger partial charge in [0.25, 0.3) is 0 Å². The van der Waals surface area contributed by atoms with Crippen LogP contribution >= 0.6 is 11.6 Å². The highest BCUT2D eigenvalue weighted by Crippen LogP contribution is 2.35. The fraction of sp³-hybridized carbons (Fsp3) is 0.300. The number of hydrogen-bond donors (Lipinski definition) is 1. The molecular formula is C30H32ClN3O3. The molecule has 6 nitrogen and oxygen atoms in total. The topological polar surface area (TPSA) is 59.8 Å². The molecule has 3 aromatic carbocycles. The van der Waals surface area contributed by atoms with Gasteiger partial charge in [-0.1, -0.05) is 66.2 Å². The zero-order chi connectivity index (χ0) is 25.6. The van der Waals surface area contributed by atoms with Crippen molar-refractivity contribution in [3.63, 3.8) is 0 Å². The predicted molar refractivity (Wildman–Crippen MR) is 145 cm³/mol. The molecule has 1 heterocycles. The Labute approximate surface area is 223 Å². The molecule has 1 N–H and O–H groups in total. The van der Waals surface area contributed by atoms with Crippen molar-refractivity contribution in [3.05, 3.63) is 107 Å². The molecule has 1 fully saturated rings. The van der Waals surface area contributed by atoms with E-state index in [0.29, 0.717) is 36.6 Å². The lowest BCUT2D eigenvalue weighted by Crippen LogP contribution is -2.36. The van der Waals surface area contributed by atoms with E-state index in [1.807, 2.05) is 96.5 Å². The summed E-state index contributed by atoms with van der Waals surface area (Å²) in [6, 6.07) is 27.8. The van der Waals surface area contributed by atoms with E-state index in [4.69, 9.17) is 26.2 Å². The SMILES string of the molecule is Cc1nn(-c2cccc(Cl)c2)c(Oc2ccccc2)c1CN(CC(O)COCc1ccccc1)C1CC1. The Morgan fingerprint density at radius 2 is 1.76 bits per heavy atom. The molecule has 37 heavy (non-hydrogen) atoms. The molecule has 0 spiro atoms. The van der Waals surface area contributed by atoms with Gasteiger partial charge in [0.05, 0.1) is 36.3 Å². The summed E-state index contributed by atoms with van der Waals surface area (Å²) in [6.07, 6.45) is 1.65. The van der Waals surface area contributed by atoms with E-state index < -0.39 is 6.10 Å². The van der Waals surface area contributed by atoms with E-state index in [0.717, 1.165) is 41.1 Å². The fourth-order valence-electron chi connectivity index (χ4n) is 4.40. The summed E-state index contributed by atoms with van der Waals surface area (Å²) in [5.74, 6) is 1.39. The zero-order valence-electron chi connectivity index (χ0n) is 21.0. The smallest absolute Gasteiger partial charge is 0.227 e. The van der Waals surface area contributed by atoms with Gasteiger partial charge in [-0.3, -0.25) is 4.90 Å². The molecule has 5 rings (SSSR count). The monoisotopic (exact) mass is 517 g/mol. The highest BCUT2D eigenvalue weighted by atomic mass is 35.5. The second kappa shape index (κ2) is 11.9. The van der Waals surface area contributed by atoms with Crippen molar-refractivity contribution in [1.82, 2.24) is 14.7 Å². The lowest BCUT2D eigenvalue weighted by atomic mass is 10.2. The number of ether oxygens (including phenoxy) is 2. The van der Waals surface area contributed by atoms with Crippen molar-refractivity contribution in [3.8, 4) is 17.3 Å². The Morgan fingerprint density at radius 1 is 1.03 bits per heavy atom. The zero-order valence-corrected chi connectivity index (χ0v) is 21.7. The lowest BCUT2D eigenvalue weighted by molar-refractivity contribution is 0.00694. The third kappa shape index (κ3) is 6.79. The molecule has 1 aliphatic rings. The highest BCUT2D eigenvalue weighted by molar-refractivity contribution is 6.30. The summed E-state index contributed by atoms with van der Waals surface area (Å²) < 4.78 is 14.0. The van der Waals surface area contributed by atoms with Crippen molar-refractivity contribution >= 4 is 11.6 Å². The third-order valence-electron chi connectivity index (χ3n) is 6.44. The van der Waals surface area contributed by atoms with Crippen molar-refractivity contribution < 1.29 is 14.6 Å². The van der Waals surface area contributed by atoms with Crippen LogP contribution in [-0.4, -0.2) is 45.1 Å². The van der Waals surface area contributed by atoms with E-state index in [1.54, 1.807) is 0 Å².